The Hall–Kier alpha value is -2.64. The van der Waals surface area contributed by atoms with Crippen LogP contribution >= 0.6 is 0 Å². The third-order valence-corrected chi connectivity index (χ3v) is 7.03. The molecule has 39 heavy (non-hydrogen) atoms. The Morgan fingerprint density at radius 2 is 1.87 bits per heavy atom. The van der Waals surface area contributed by atoms with Gasteiger partial charge in [-0.1, -0.05) is 24.3 Å². The van der Waals surface area contributed by atoms with Crippen molar-refractivity contribution in [3.8, 4) is 0 Å². The fraction of sp³-hybridized carbons (Fsp3) is 0.519. The van der Waals surface area contributed by atoms with Crippen LogP contribution in [-0.2, 0) is 38.4 Å². The van der Waals surface area contributed by atoms with Crippen LogP contribution < -0.4 is 5.32 Å². The average Bonchev–Trinajstić information content (AvgIpc) is 3.43. The number of benzene rings is 2. The third kappa shape index (κ3) is 7.12. The van der Waals surface area contributed by atoms with Crippen molar-refractivity contribution in [3.63, 3.8) is 0 Å². The lowest BCUT2D eigenvalue weighted by molar-refractivity contribution is -0.200. The summed E-state index contributed by atoms with van der Waals surface area (Å²) in [5, 5.41) is 24.0. The molecular formula is C27H30F5NO6. The van der Waals surface area contributed by atoms with E-state index in [2.05, 4.69) is 5.32 Å². The average molecular weight is 560 g/mol. The number of hydrogen-bond acceptors (Lipinski definition) is 6. The first kappa shape index (κ1) is 29.3. The van der Waals surface area contributed by atoms with Gasteiger partial charge in [-0.15, -0.1) is 0 Å². The Morgan fingerprint density at radius 1 is 1.10 bits per heavy atom. The van der Waals surface area contributed by atoms with E-state index in [1.54, 1.807) is 0 Å². The van der Waals surface area contributed by atoms with Gasteiger partial charge in [-0.25, -0.2) is 8.78 Å². The van der Waals surface area contributed by atoms with Gasteiger partial charge in [0.1, 0.15) is 6.10 Å². The highest BCUT2D eigenvalue weighted by Crippen LogP contribution is 2.36. The monoisotopic (exact) mass is 559 g/mol. The van der Waals surface area contributed by atoms with Crippen molar-refractivity contribution >= 4 is 5.91 Å². The van der Waals surface area contributed by atoms with E-state index < -0.39 is 66.4 Å². The number of halogens is 5. The summed E-state index contributed by atoms with van der Waals surface area (Å²) in [4.78, 5) is 13.5. The zero-order chi connectivity index (χ0) is 28.2. The van der Waals surface area contributed by atoms with Crippen molar-refractivity contribution in [2.75, 3.05) is 13.2 Å². The molecule has 1 saturated heterocycles. The molecule has 0 spiro atoms. The molecule has 1 saturated carbocycles. The van der Waals surface area contributed by atoms with Crippen LogP contribution in [0.25, 0.3) is 0 Å². The first-order valence-electron chi connectivity index (χ1n) is 12.6. The molecule has 7 nitrogen and oxygen atoms in total. The van der Waals surface area contributed by atoms with Crippen molar-refractivity contribution in [1.82, 2.24) is 5.32 Å². The van der Waals surface area contributed by atoms with Gasteiger partial charge in [0.05, 0.1) is 37.1 Å². The van der Waals surface area contributed by atoms with Crippen LogP contribution in [0.5, 0.6) is 0 Å². The highest BCUT2D eigenvalue weighted by Gasteiger charge is 2.51. The molecular weight excluding hydrogens is 529 g/mol. The van der Waals surface area contributed by atoms with Crippen molar-refractivity contribution < 1.29 is 51.2 Å². The number of amides is 1. The zero-order valence-corrected chi connectivity index (χ0v) is 20.9. The molecule has 2 aromatic carbocycles. The Labute approximate surface area is 221 Å². The van der Waals surface area contributed by atoms with Crippen LogP contribution in [0.3, 0.4) is 0 Å². The Kier molecular flexibility index (Phi) is 9.22. The quantitative estimate of drug-likeness (QED) is 0.406. The number of alkyl halides is 3. The predicted octanol–water partition coefficient (Wildman–Crippen LogP) is 3.64. The third-order valence-electron chi connectivity index (χ3n) is 7.03. The largest absolute Gasteiger partial charge is 0.416 e. The van der Waals surface area contributed by atoms with Gasteiger partial charge in [0.25, 0.3) is 5.91 Å². The smallest absolute Gasteiger partial charge is 0.390 e. The lowest BCUT2D eigenvalue weighted by Gasteiger charge is -2.44. The maximum Gasteiger partial charge on any atom is 0.416 e. The van der Waals surface area contributed by atoms with Crippen LogP contribution in [0.1, 0.15) is 42.4 Å². The van der Waals surface area contributed by atoms with Gasteiger partial charge in [-0.05, 0) is 36.6 Å². The Bertz CT molecular complexity index is 1140. The van der Waals surface area contributed by atoms with E-state index >= 15 is 0 Å². The summed E-state index contributed by atoms with van der Waals surface area (Å²) in [6, 6.07) is 7.92. The highest BCUT2D eigenvalue weighted by molar-refractivity contribution is 5.85. The summed E-state index contributed by atoms with van der Waals surface area (Å²) in [6.07, 6.45) is -8.18. The standard InChI is InChI=1S/C27H30F5NO6/c28-20-8-2-5-17(23(20)29)15-38-22-12-26(11-21(34)24(22)35,25(36)33-13-19-7-3-9-37-19)39-14-16-4-1-6-18(10-16)27(30,31)32/h1-2,4-6,8,10,19,21-22,24,34-35H,3,7,9,11-15H2,(H,33,36)/t19?,21-,22?,24-,26+/m1/s1. The van der Waals surface area contributed by atoms with E-state index in [0.717, 1.165) is 31.0 Å². The first-order valence-corrected chi connectivity index (χ1v) is 12.6. The molecule has 2 aromatic rings. The van der Waals surface area contributed by atoms with Gasteiger partial charge in [-0.3, -0.25) is 4.79 Å². The molecule has 1 aliphatic carbocycles. The van der Waals surface area contributed by atoms with E-state index in [0.29, 0.717) is 6.61 Å². The van der Waals surface area contributed by atoms with E-state index in [1.807, 2.05) is 0 Å². The molecule has 1 heterocycles. The summed E-state index contributed by atoms with van der Waals surface area (Å²) in [5.41, 5.74) is -2.70. The molecule has 1 amide bonds. The second kappa shape index (κ2) is 12.3. The number of carbonyl (C=O) groups excluding carboxylic acids is 1. The van der Waals surface area contributed by atoms with Gasteiger partial charge in [0, 0.05) is 31.6 Å². The van der Waals surface area contributed by atoms with Crippen LogP contribution in [0.2, 0.25) is 0 Å². The molecule has 12 heteroatoms. The minimum absolute atomic E-state index is 0.135. The summed E-state index contributed by atoms with van der Waals surface area (Å²) in [5.74, 6) is -2.89. The van der Waals surface area contributed by atoms with Crippen molar-refractivity contribution in [2.24, 2.45) is 0 Å². The lowest BCUT2D eigenvalue weighted by atomic mass is 9.78. The maximum atomic E-state index is 14.1. The number of carbonyl (C=O) groups is 1. The summed E-state index contributed by atoms with van der Waals surface area (Å²) >= 11 is 0. The van der Waals surface area contributed by atoms with Crippen LogP contribution in [0.4, 0.5) is 22.0 Å². The molecule has 4 rings (SSSR count). The Morgan fingerprint density at radius 3 is 2.59 bits per heavy atom. The van der Waals surface area contributed by atoms with E-state index in [-0.39, 0.29) is 36.6 Å². The highest BCUT2D eigenvalue weighted by atomic mass is 19.4. The minimum Gasteiger partial charge on any atom is -0.390 e. The van der Waals surface area contributed by atoms with Crippen LogP contribution in [0.15, 0.2) is 42.5 Å². The van der Waals surface area contributed by atoms with Gasteiger partial charge < -0.3 is 29.7 Å². The maximum absolute atomic E-state index is 14.1. The molecule has 2 unspecified atom stereocenters. The second-order valence-electron chi connectivity index (χ2n) is 9.85. The predicted molar refractivity (Wildman–Crippen MR) is 127 cm³/mol. The van der Waals surface area contributed by atoms with Gasteiger partial charge in [0.15, 0.2) is 17.2 Å². The van der Waals surface area contributed by atoms with E-state index in [4.69, 9.17) is 14.2 Å². The second-order valence-corrected chi connectivity index (χ2v) is 9.85. The molecule has 0 aromatic heterocycles. The normalized spacial score (nSPS) is 27.5. The first-order chi connectivity index (χ1) is 18.5. The van der Waals surface area contributed by atoms with Gasteiger partial charge in [-0.2, -0.15) is 13.2 Å². The number of rotatable bonds is 9. The van der Waals surface area contributed by atoms with Crippen molar-refractivity contribution in [1.29, 1.82) is 0 Å². The molecule has 5 atom stereocenters. The molecule has 2 fully saturated rings. The molecule has 214 valence electrons. The molecule has 1 aliphatic heterocycles. The van der Waals surface area contributed by atoms with Crippen LogP contribution in [-0.4, -0.2) is 59.3 Å². The number of aliphatic hydroxyl groups is 2. The summed E-state index contributed by atoms with van der Waals surface area (Å²) < 4.78 is 84.4. The zero-order valence-electron chi connectivity index (χ0n) is 20.9. The number of hydrogen-bond donors (Lipinski definition) is 3. The molecule has 3 N–H and O–H groups in total. The van der Waals surface area contributed by atoms with Gasteiger partial charge in [0.2, 0.25) is 0 Å². The minimum atomic E-state index is -4.58. The topological polar surface area (TPSA) is 97.3 Å². The fourth-order valence-corrected chi connectivity index (χ4v) is 4.85. The summed E-state index contributed by atoms with van der Waals surface area (Å²) in [6.45, 7) is -0.189. The van der Waals surface area contributed by atoms with Crippen molar-refractivity contribution in [2.45, 2.75) is 75.1 Å². The lowest BCUT2D eigenvalue weighted by Crippen LogP contribution is -2.61. The Balaban J connectivity index is 1.55. The number of ether oxygens (including phenoxy) is 3. The fourth-order valence-electron chi connectivity index (χ4n) is 4.85. The SMILES string of the molecule is O=C(NCC1CCCO1)[C@@]1(OCc2cccc(C(F)(F)F)c2)CC(OCc2cccc(F)c2F)[C@H](O)[C@H](O)C1. The van der Waals surface area contributed by atoms with Crippen molar-refractivity contribution in [3.05, 3.63) is 70.8 Å². The van der Waals surface area contributed by atoms with E-state index in [9.17, 15) is 37.0 Å². The molecule has 0 bridgehead atoms. The van der Waals surface area contributed by atoms with E-state index in [1.165, 1.54) is 24.3 Å². The number of nitrogens with one attached hydrogen (secondary N) is 1. The number of aliphatic hydroxyl groups excluding tert-OH is 2. The van der Waals surface area contributed by atoms with Crippen LogP contribution in [0, 0.1) is 11.6 Å². The molecule has 0 radical (unpaired) electrons. The summed E-state index contributed by atoms with van der Waals surface area (Å²) in [7, 11) is 0. The molecule has 2 aliphatic rings. The van der Waals surface area contributed by atoms with Gasteiger partial charge >= 0.3 is 6.18 Å².